The molecule has 0 fully saturated rings. The van der Waals surface area contributed by atoms with E-state index in [4.69, 9.17) is 32.7 Å². The van der Waals surface area contributed by atoms with Gasteiger partial charge in [-0.25, -0.2) is 4.39 Å². The van der Waals surface area contributed by atoms with E-state index in [1.807, 2.05) is 12.1 Å². The Morgan fingerprint density at radius 2 is 1.86 bits per heavy atom. The molecule has 3 aromatic rings. The average Bonchev–Trinajstić information content (AvgIpc) is 2.71. The van der Waals surface area contributed by atoms with Crippen LogP contribution in [0.5, 0.6) is 17.2 Å². The summed E-state index contributed by atoms with van der Waals surface area (Å²) in [5.74, 6) is 0.105. The van der Waals surface area contributed by atoms with Crippen LogP contribution < -0.4 is 14.4 Å². The zero-order valence-corrected chi connectivity index (χ0v) is 16.0. The van der Waals surface area contributed by atoms with Gasteiger partial charge >= 0.3 is 0 Å². The number of nitrogens with zero attached hydrogens (tertiary/aromatic N) is 1. The number of hydrogen-bond acceptors (Lipinski definition) is 3. The summed E-state index contributed by atoms with van der Waals surface area (Å²) in [6.45, 7) is 0.679. The summed E-state index contributed by atoms with van der Waals surface area (Å²) in [6.07, 6.45) is 0. The first-order chi connectivity index (χ1) is 13.5. The second-order valence-corrected chi connectivity index (χ2v) is 6.93. The van der Waals surface area contributed by atoms with E-state index in [1.54, 1.807) is 29.2 Å². The molecule has 1 aliphatic rings. The van der Waals surface area contributed by atoms with E-state index in [-0.39, 0.29) is 17.1 Å². The number of amides is 1. The van der Waals surface area contributed by atoms with Gasteiger partial charge in [-0.05, 0) is 42.5 Å². The molecule has 28 heavy (non-hydrogen) atoms. The molecule has 0 unspecified atom stereocenters. The van der Waals surface area contributed by atoms with Gasteiger partial charge in [0.05, 0.1) is 22.8 Å². The molecule has 0 spiro atoms. The van der Waals surface area contributed by atoms with Crippen molar-refractivity contribution in [2.24, 2.45) is 0 Å². The van der Waals surface area contributed by atoms with E-state index in [0.29, 0.717) is 34.6 Å². The topological polar surface area (TPSA) is 38.8 Å². The van der Waals surface area contributed by atoms with Crippen LogP contribution in [0.2, 0.25) is 10.0 Å². The fraction of sp³-hybridized carbons (Fsp3) is 0.0952. The van der Waals surface area contributed by atoms with Crippen molar-refractivity contribution in [3.63, 3.8) is 0 Å². The summed E-state index contributed by atoms with van der Waals surface area (Å²) < 4.78 is 25.4. The number of fused-ring (bicyclic) bond motifs is 1. The third-order valence-electron chi connectivity index (χ3n) is 4.26. The molecule has 1 amide bonds. The molecular formula is C21H14Cl2FNO3. The number of benzene rings is 3. The van der Waals surface area contributed by atoms with E-state index >= 15 is 0 Å². The van der Waals surface area contributed by atoms with E-state index in [0.717, 1.165) is 6.07 Å². The third-order valence-corrected chi connectivity index (χ3v) is 4.81. The maximum Gasteiger partial charge on any atom is 0.262 e. The predicted molar refractivity (Wildman–Crippen MR) is 107 cm³/mol. The molecule has 0 atom stereocenters. The first kappa shape index (κ1) is 18.6. The Balaban J connectivity index is 1.73. The molecule has 0 radical (unpaired) electrons. The first-order valence-electron chi connectivity index (χ1n) is 8.49. The van der Waals surface area contributed by atoms with Crippen molar-refractivity contribution >= 4 is 34.8 Å². The van der Waals surface area contributed by atoms with Gasteiger partial charge in [-0.3, -0.25) is 4.79 Å². The quantitative estimate of drug-likeness (QED) is 0.527. The van der Waals surface area contributed by atoms with Crippen LogP contribution >= 0.6 is 23.2 Å². The van der Waals surface area contributed by atoms with E-state index in [2.05, 4.69) is 0 Å². The average molecular weight is 418 g/mol. The van der Waals surface area contributed by atoms with Crippen LogP contribution in [0.3, 0.4) is 0 Å². The van der Waals surface area contributed by atoms with Crippen molar-refractivity contribution in [3.05, 3.63) is 82.1 Å². The molecule has 7 heteroatoms. The molecule has 1 heterocycles. The molecule has 1 aliphatic heterocycles. The second-order valence-electron chi connectivity index (χ2n) is 6.09. The summed E-state index contributed by atoms with van der Waals surface area (Å²) >= 11 is 12.2. The summed E-state index contributed by atoms with van der Waals surface area (Å²) in [4.78, 5) is 14.8. The summed E-state index contributed by atoms with van der Waals surface area (Å²) in [5, 5.41) is 0.750. The van der Waals surface area contributed by atoms with Crippen molar-refractivity contribution in [3.8, 4) is 17.2 Å². The number of para-hydroxylation sites is 2. The number of halogens is 3. The summed E-state index contributed by atoms with van der Waals surface area (Å²) in [6, 6.07) is 15.7. The lowest BCUT2D eigenvalue weighted by Gasteiger charge is -2.30. The van der Waals surface area contributed by atoms with Gasteiger partial charge in [-0.1, -0.05) is 35.3 Å². The zero-order valence-electron chi connectivity index (χ0n) is 14.5. The van der Waals surface area contributed by atoms with Gasteiger partial charge < -0.3 is 14.4 Å². The Kier molecular flexibility index (Phi) is 5.11. The SMILES string of the molecule is O=C(c1cc(F)ccc1Oc1cc(Cl)ccc1Cl)N1CCOc2ccccc21. The van der Waals surface area contributed by atoms with Crippen molar-refractivity contribution in [2.45, 2.75) is 0 Å². The molecule has 0 N–H and O–H groups in total. The Morgan fingerprint density at radius 3 is 2.71 bits per heavy atom. The lowest BCUT2D eigenvalue weighted by Crippen LogP contribution is -2.38. The zero-order chi connectivity index (χ0) is 19.7. The highest BCUT2D eigenvalue weighted by atomic mass is 35.5. The first-order valence-corrected chi connectivity index (χ1v) is 9.24. The van der Waals surface area contributed by atoms with E-state index in [1.165, 1.54) is 18.2 Å². The number of hydrogen-bond donors (Lipinski definition) is 0. The molecule has 4 nitrogen and oxygen atoms in total. The highest BCUT2D eigenvalue weighted by molar-refractivity contribution is 6.34. The van der Waals surface area contributed by atoms with Crippen molar-refractivity contribution in [1.29, 1.82) is 0 Å². The van der Waals surface area contributed by atoms with Crippen LogP contribution in [0.4, 0.5) is 10.1 Å². The van der Waals surface area contributed by atoms with Crippen LogP contribution in [0.15, 0.2) is 60.7 Å². The van der Waals surface area contributed by atoms with Crippen LogP contribution in [0, 0.1) is 5.82 Å². The highest BCUT2D eigenvalue weighted by Crippen LogP contribution is 2.36. The van der Waals surface area contributed by atoms with Gasteiger partial charge in [0.1, 0.15) is 29.7 Å². The summed E-state index contributed by atoms with van der Waals surface area (Å²) in [5.41, 5.74) is 0.697. The standard InChI is InChI=1S/C21H14Cl2FNO3/c22-13-5-7-16(23)20(11-13)28-18-8-6-14(24)12-15(18)21(26)25-9-10-27-19-4-2-1-3-17(19)25/h1-8,11-12H,9-10H2. The Hall–Kier alpha value is -2.76. The predicted octanol–water partition coefficient (Wildman–Crippen LogP) is 5.96. The number of ether oxygens (including phenoxy) is 2. The third kappa shape index (κ3) is 3.63. The largest absolute Gasteiger partial charge is 0.490 e. The van der Waals surface area contributed by atoms with Gasteiger partial charge in [0.15, 0.2) is 0 Å². The minimum absolute atomic E-state index is 0.0766. The number of carbonyl (C=O) groups excluding carboxylic acids is 1. The highest BCUT2D eigenvalue weighted by Gasteiger charge is 2.27. The Morgan fingerprint density at radius 1 is 1.04 bits per heavy atom. The molecule has 0 aliphatic carbocycles. The van der Waals surface area contributed by atoms with Gasteiger partial charge in [-0.15, -0.1) is 0 Å². The number of carbonyl (C=O) groups is 1. The fourth-order valence-electron chi connectivity index (χ4n) is 2.96. The lowest BCUT2D eigenvalue weighted by molar-refractivity contribution is 0.0974. The minimum Gasteiger partial charge on any atom is -0.490 e. The van der Waals surface area contributed by atoms with Gasteiger partial charge in [0.25, 0.3) is 5.91 Å². The lowest BCUT2D eigenvalue weighted by atomic mass is 10.1. The molecule has 0 bridgehead atoms. The monoisotopic (exact) mass is 417 g/mol. The van der Waals surface area contributed by atoms with Gasteiger partial charge in [0, 0.05) is 11.1 Å². The van der Waals surface area contributed by atoms with Gasteiger partial charge in [0.2, 0.25) is 0 Å². The molecule has 142 valence electrons. The van der Waals surface area contributed by atoms with Crippen molar-refractivity contribution in [2.75, 3.05) is 18.1 Å². The van der Waals surface area contributed by atoms with Crippen LogP contribution in [0.1, 0.15) is 10.4 Å². The van der Waals surface area contributed by atoms with Gasteiger partial charge in [-0.2, -0.15) is 0 Å². The molecule has 4 rings (SSSR count). The molecule has 0 aromatic heterocycles. The van der Waals surface area contributed by atoms with Crippen LogP contribution in [-0.4, -0.2) is 19.1 Å². The molecule has 3 aromatic carbocycles. The maximum atomic E-state index is 14.0. The number of anilines is 1. The Bertz CT molecular complexity index is 1060. The molecular weight excluding hydrogens is 404 g/mol. The smallest absolute Gasteiger partial charge is 0.262 e. The Labute approximate surface area is 171 Å². The molecule has 0 saturated heterocycles. The van der Waals surface area contributed by atoms with E-state index < -0.39 is 11.7 Å². The van der Waals surface area contributed by atoms with Crippen LogP contribution in [-0.2, 0) is 0 Å². The van der Waals surface area contributed by atoms with Crippen LogP contribution in [0.25, 0.3) is 0 Å². The van der Waals surface area contributed by atoms with Crippen molar-refractivity contribution < 1.29 is 18.7 Å². The second kappa shape index (κ2) is 7.70. The normalized spacial score (nSPS) is 12.9. The van der Waals surface area contributed by atoms with E-state index in [9.17, 15) is 9.18 Å². The molecule has 0 saturated carbocycles. The summed E-state index contributed by atoms with van der Waals surface area (Å²) in [7, 11) is 0. The number of rotatable bonds is 3. The maximum absolute atomic E-state index is 14.0. The minimum atomic E-state index is -0.547. The fourth-order valence-corrected chi connectivity index (χ4v) is 3.28. The van der Waals surface area contributed by atoms with Crippen molar-refractivity contribution in [1.82, 2.24) is 0 Å².